The third-order valence-electron chi connectivity index (χ3n) is 3.10. The Hall–Kier alpha value is -1.09. The van der Waals surface area contributed by atoms with Crippen molar-refractivity contribution in [2.45, 2.75) is 13.8 Å². The number of benzene rings is 1. The molecule has 0 saturated carbocycles. The average molecular weight is 379 g/mol. The van der Waals surface area contributed by atoms with Crippen LogP contribution in [0.4, 0.5) is 11.4 Å². The zero-order valence-electron chi connectivity index (χ0n) is 13.0. The molecule has 1 aromatic rings. The number of morpholine rings is 1. The van der Waals surface area contributed by atoms with Crippen molar-refractivity contribution in [3.8, 4) is 11.5 Å². The number of hydrogen-bond donors (Lipinski definition) is 0. The van der Waals surface area contributed by atoms with Gasteiger partial charge in [-0.2, -0.15) is 0 Å². The fraction of sp³-hybridized carbons (Fsp3) is 0.571. The Labute approximate surface area is 149 Å². The molecular formula is C14H20ClN3O3Zn. The Kier molecular flexibility index (Phi) is 10.1. The van der Waals surface area contributed by atoms with Crippen molar-refractivity contribution in [3.63, 3.8) is 0 Å². The van der Waals surface area contributed by atoms with Crippen LogP contribution in [0.3, 0.4) is 0 Å². The predicted octanol–water partition coefficient (Wildman–Crippen LogP) is -0.193. The molecule has 0 aliphatic carbocycles. The van der Waals surface area contributed by atoms with E-state index in [0.29, 0.717) is 43.6 Å². The van der Waals surface area contributed by atoms with Crippen LogP contribution < -0.4 is 26.8 Å². The summed E-state index contributed by atoms with van der Waals surface area (Å²) in [6.45, 7) is 7.89. The number of anilines is 1. The minimum Gasteiger partial charge on any atom is -1.00 e. The molecule has 0 spiro atoms. The van der Waals surface area contributed by atoms with Gasteiger partial charge in [0.05, 0.1) is 38.2 Å². The van der Waals surface area contributed by atoms with Gasteiger partial charge in [-0.3, -0.25) is 0 Å². The number of hydrogen-bond acceptors (Lipinski definition) is 5. The maximum absolute atomic E-state index is 9.09. The molecule has 1 aromatic carbocycles. The van der Waals surface area contributed by atoms with Crippen LogP contribution >= 0.6 is 0 Å². The van der Waals surface area contributed by atoms with E-state index in [4.69, 9.17) is 19.6 Å². The Bertz CT molecular complexity index is 505. The van der Waals surface area contributed by atoms with Crippen LogP contribution in [0.15, 0.2) is 12.1 Å². The fourth-order valence-electron chi connectivity index (χ4n) is 2.21. The van der Waals surface area contributed by atoms with Crippen LogP contribution in [0.25, 0.3) is 4.98 Å². The summed E-state index contributed by atoms with van der Waals surface area (Å²) in [6.07, 6.45) is 0. The molecule has 1 aliphatic rings. The third-order valence-corrected chi connectivity index (χ3v) is 3.10. The molecule has 0 radical (unpaired) electrons. The smallest absolute Gasteiger partial charge is 0.430 e. The van der Waals surface area contributed by atoms with E-state index in [9.17, 15) is 0 Å². The zero-order valence-corrected chi connectivity index (χ0v) is 16.8. The predicted molar refractivity (Wildman–Crippen MR) is 76.6 cm³/mol. The van der Waals surface area contributed by atoms with Crippen LogP contribution in [-0.2, 0) is 24.2 Å². The largest absolute Gasteiger partial charge is 1.00 e. The molecule has 0 atom stereocenters. The normalized spacial score (nSPS) is 13.4. The SMILES string of the molecule is CCOc1cc(N2CCOCC2)c(OCC)cc1[N+]#N.[Cl-].[Zn]. The topological polar surface area (TPSA) is 59.1 Å². The molecule has 6 nitrogen and oxygen atoms in total. The van der Waals surface area contributed by atoms with E-state index in [2.05, 4.69) is 9.88 Å². The molecule has 1 aliphatic heterocycles. The quantitative estimate of drug-likeness (QED) is 0.524. The van der Waals surface area contributed by atoms with Crippen molar-refractivity contribution < 1.29 is 46.1 Å². The second-order valence-electron chi connectivity index (χ2n) is 4.35. The average Bonchev–Trinajstić information content (AvgIpc) is 2.49. The number of rotatable bonds is 5. The van der Waals surface area contributed by atoms with E-state index in [-0.39, 0.29) is 31.9 Å². The minimum atomic E-state index is 0. The monoisotopic (exact) mass is 377 g/mol. The second-order valence-corrected chi connectivity index (χ2v) is 4.35. The summed E-state index contributed by atoms with van der Waals surface area (Å²) in [7, 11) is 0. The van der Waals surface area contributed by atoms with E-state index < -0.39 is 0 Å². The summed E-state index contributed by atoms with van der Waals surface area (Å²) in [5.41, 5.74) is 1.33. The van der Waals surface area contributed by atoms with Gasteiger partial charge in [-0.05, 0) is 13.8 Å². The summed E-state index contributed by atoms with van der Waals surface area (Å²) in [5, 5.41) is 9.09. The molecule has 1 fully saturated rings. The van der Waals surface area contributed by atoms with Gasteiger partial charge in [0.25, 0.3) is 0 Å². The molecule has 22 heavy (non-hydrogen) atoms. The Morgan fingerprint density at radius 1 is 1.14 bits per heavy atom. The molecule has 2 rings (SSSR count). The van der Waals surface area contributed by atoms with E-state index >= 15 is 0 Å². The van der Waals surface area contributed by atoms with Gasteiger partial charge < -0.3 is 31.5 Å². The van der Waals surface area contributed by atoms with E-state index in [1.165, 1.54) is 0 Å². The summed E-state index contributed by atoms with van der Waals surface area (Å²) < 4.78 is 16.6. The van der Waals surface area contributed by atoms with Crippen molar-refractivity contribution in [1.29, 1.82) is 5.39 Å². The number of ether oxygens (including phenoxy) is 3. The Morgan fingerprint density at radius 3 is 2.27 bits per heavy atom. The van der Waals surface area contributed by atoms with Crippen molar-refractivity contribution >= 4 is 11.4 Å². The Balaban J connectivity index is 0.00000220. The van der Waals surface area contributed by atoms with Crippen LogP contribution in [0.1, 0.15) is 13.8 Å². The van der Waals surface area contributed by atoms with Gasteiger partial charge in [-0.1, -0.05) is 0 Å². The molecule has 0 amide bonds. The van der Waals surface area contributed by atoms with E-state index in [1.807, 2.05) is 19.9 Å². The van der Waals surface area contributed by atoms with Gasteiger partial charge in [0.2, 0.25) is 11.1 Å². The maximum atomic E-state index is 9.09. The van der Waals surface area contributed by atoms with Crippen LogP contribution in [-0.4, -0.2) is 39.5 Å². The summed E-state index contributed by atoms with van der Waals surface area (Å²) in [4.78, 5) is 5.46. The summed E-state index contributed by atoms with van der Waals surface area (Å²) >= 11 is 0. The first-order valence-electron chi connectivity index (χ1n) is 6.91. The van der Waals surface area contributed by atoms with Crippen molar-refractivity contribution in [1.82, 2.24) is 0 Å². The molecule has 8 heteroatoms. The fourth-order valence-corrected chi connectivity index (χ4v) is 2.21. The second kappa shape index (κ2) is 10.6. The minimum absolute atomic E-state index is 0. The van der Waals surface area contributed by atoms with Gasteiger partial charge in [0.15, 0.2) is 10.7 Å². The molecule has 1 heterocycles. The van der Waals surface area contributed by atoms with Crippen molar-refractivity contribution in [2.75, 3.05) is 44.4 Å². The molecule has 0 aromatic heterocycles. The van der Waals surface area contributed by atoms with E-state index in [0.717, 1.165) is 18.8 Å². The van der Waals surface area contributed by atoms with Gasteiger partial charge >= 0.3 is 5.69 Å². The molecule has 0 N–H and O–H groups in total. The number of nitrogens with zero attached hydrogens (tertiary/aromatic N) is 3. The maximum Gasteiger partial charge on any atom is 0.430 e. The standard InChI is InChI=1S/C14H20N3O3.ClH.Zn/c1-3-19-13-10-12(17-5-7-18-8-6-17)14(20-4-2)9-11(13)16-15;;/h9-10H,3-8H2,1-2H3;1H;/q+1;;/p-1. The van der Waals surface area contributed by atoms with E-state index in [1.54, 1.807) is 6.07 Å². The molecule has 1 saturated heterocycles. The zero-order chi connectivity index (χ0) is 14.4. The third kappa shape index (κ3) is 4.98. The van der Waals surface area contributed by atoms with Crippen molar-refractivity contribution in [3.05, 3.63) is 17.1 Å². The van der Waals surface area contributed by atoms with Crippen LogP contribution in [0.2, 0.25) is 0 Å². The first-order valence-corrected chi connectivity index (χ1v) is 6.91. The van der Waals surface area contributed by atoms with Crippen LogP contribution in [0.5, 0.6) is 11.5 Å². The first-order chi connectivity index (χ1) is 9.80. The van der Waals surface area contributed by atoms with Crippen LogP contribution in [0, 0.1) is 5.39 Å². The molecular weight excluding hydrogens is 359 g/mol. The first kappa shape index (κ1) is 20.9. The van der Waals surface area contributed by atoms with Crippen molar-refractivity contribution in [2.24, 2.45) is 0 Å². The van der Waals surface area contributed by atoms with Gasteiger partial charge in [-0.15, -0.1) is 0 Å². The summed E-state index contributed by atoms with van der Waals surface area (Å²) in [6, 6.07) is 3.58. The molecule has 0 bridgehead atoms. The number of halogens is 1. The Morgan fingerprint density at radius 2 is 1.73 bits per heavy atom. The van der Waals surface area contributed by atoms with Gasteiger partial charge in [-0.25, -0.2) is 0 Å². The van der Waals surface area contributed by atoms with Gasteiger partial charge in [0.1, 0.15) is 0 Å². The number of diazo groups is 1. The molecule has 0 unspecified atom stereocenters. The summed E-state index contributed by atoms with van der Waals surface area (Å²) in [5.74, 6) is 1.26. The molecule has 118 valence electrons. The van der Waals surface area contributed by atoms with Gasteiger partial charge in [0, 0.05) is 38.6 Å².